The molecule has 0 atom stereocenters. The molecule has 0 aliphatic heterocycles. The molecule has 4 heavy (non-hydrogen) atoms. The molecule has 0 aromatic carbocycles. The van der Waals surface area contributed by atoms with Crippen molar-refractivity contribution >= 4 is 21.7 Å². The second-order valence-corrected chi connectivity index (χ2v) is 0. The number of hydrogen-bond donors (Lipinski definition) is 0. The normalized spacial score (nSPS) is 1.50. The van der Waals surface area contributed by atoms with E-state index in [0.29, 0.717) is 0 Å². The van der Waals surface area contributed by atoms with Crippen molar-refractivity contribution < 1.29 is 75.4 Å². The smallest absolute Gasteiger partial charge is 1.00 e. The zero-order chi connectivity index (χ0) is 2.00. The summed E-state index contributed by atoms with van der Waals surface area (Å²) >= 11 is 0. The third kappa shape index (κ3) is 8.87. The summed E-state index contributed by atoms with van der Waals surface area (Å²) in [6.45, 7) is 0. The van der Waals surface area contributed by atoms with E-state index in [1.54, 1.807) is 0 Å². The second-order valence-electron chi connectivity index (χ2n) is 0. The van der Waals surface area contributed by atoms with E-state index >= 15 is 0 Å². The minimum atomic E-state index is 0. The number of halogens is 3. The molecule has 22 valence electrons. The van der Waals surface area contributed by atoms with Crippen molar-refractivity contribution in [2.45, 2.75) is 0 Å². The van der Waals surface area contributed by atoms with E-state index in [1.807, 2.05) is 0 Å². The van der Waals surface area contributed by atoms with Gasteiger partial charge in [0.15, 0.2) is 0 Å². The van der Waals surface area contributed by atoms with Crippen molar-refractivity contribution in [2.24, 2.45) is 0 Å². The predicted molar refractivity (Wildman–Crippen MR) is 11.7 cm³/mol. The third-order valence-electron chi connectivity index (χ3n) is 0. The fourth-order valence-corrected chi connectivity index (χ4v) is 0. The SMILES string of the molecule is ClCl.[I-].[K+]. The van der Waals surface area contributed by atoms with Crippen molar-refractivity contribution in [3.63, 3.8) is 0 Å². The Morgan fingerprint density at radius 3 is 1.00 bits per heavy atom. The molecule has 0 bridgehead atoms. The van der Waals surface area contributed by atoms with Crippen LogP contribution in [-0.2, 0) is 0 Å². The van der Waals surface area contributed by atoms with Gasteiger partial charge in [-0.1, -0.05) is 0 Å². The molecular weight excluding hydrogens is 237 g/mol. The summed E-state index contributed by atoms with van der Waals surface area (Å²) < 4.78 is 0. The van der Waals surface area contributed by atoms with Crippen LogP contribution in [0.3, 0.4) is 0 Å². The minimum Gasteiger partial charge on any atom is -1.00 e. The Hall–Kier alpha value is 2.95. The Morgan fingerprint density at radius 1 is 1.00 bits per heavy atom. The van der Waals surface area contributed by atoms with Crippen LogP contribution in [0.15, 0.2) is 0 Å². The van der Waals surface area contributed by atoms with E-state index in [-0.39, 0.29) is 75.4 Å². The van der Waals surface area contributed by atoms with Crippen molar-refractivity contribution in [2.75, 3.05) is 0 Å². The van der Waals surface area contributed by atoms with Crippen molar-refractivity contribution in [3.8, 4) is 0 Å². The second kappa shape index (κ2) is 16.8. The molecule has 0 aromatic rings. The van der Waals surface area contributed by atoms with Gasteiger partial charge in [-0.25, -0.2) is 0 Å². The van der Waals surface area contributed by atoms with Gasteiger partial charge >= 0.3 is 51.4 Å². The van der Waals surface area contributed by atoms with Crippen molar-refractivity contribution in [3.05, 3.63) is 0 Å². The number of hydrogen-bond acceptors (Lipinski definition) is 0. The van der Waals surface area contributed by atoms with E-state index in [0.717, 1.165) is 0 Å². The topological polar surface area (TPSA) is 0 Å². The zero-order valence-electron chi connectivity index (χ0n) is 2.13. The molecule has 0 heterocycles. The van der Waals surface area contributed by atoms with Crippen LogP contribution in [0.5, 0.6) is 0 Å². The fraction of sp³-hybridized carbons (Fsp3) is 0. The van der Waals surface area contributed by atoms with Gasteiger partial charge in [-0.3, -0.25) is 0 Å². The largest absolute Gasteiger partial charge is 1.00 e. The summed E-state index contributed by atoms with van der Waals surface area (Å²) in [5.74, 6) is 0. The van der Waals surface area contributed by atoms with Crippen LogP contribution >= 0.6 is 21.7 Å². The van der Waals surface area contributed by atoms with E-state index in [2.05, 4.69) is 21.7 Å². The van der Waals surface area contributed by atoms with Crippen LogP contribution in [0.1, 0.15) is 0 Å². The Labute approximate surface area is 94.6 Å². The molecule has 4 heteroatoms. The number of rotatable bonds is 0. The van der Waals surface area contributed by atoms with Crippen LogP contribution < -0.4 is 75.4 Å². The van der Waals surface area contributed by atoms with E-state index in [1.165, 1.54) is 0 Å². The molecule has 0 aromatic heterocycles. The molecular formula is Cl2IK. The first-order chi connectivity index (χ1) is 1.00. The third-order valence-corrected chi connectivity index (χ3v) is 0. The maximum Gasteiger partial charge on any atom is 1.00 e. The van der Waals surface area contributed by atoms with Crippen LogP contribution in [-0.4, -0.2) is 0 Å². The van der Waals surface area contributed by atoms with Crippen LogP contribution in [0, 0.1) is 0 Å². The first kappa shape index (κ1) is 15.8. The molecule has 0 radical (unpaired) electrons. The van der Waals surface area contributed by atoms with Crippen molar-refractivity contribution in [1.29, 1.82) is 0 Å². The molecule has 0 aliphatic rings. The molecule has 0 amide bonds. The van der Waals surface area contributed by atoms with Gasteiger partial charge in [-0.15, -0.1) is 0 Å². The molecule has 0 N–H and O–H groups in total. The summed E-state index contributed by atoms with van der Waals surface area (Å²) in [5, 5.41) is 0. The standard InChI is InChI=1S/Cl2.HI.K/c1-2;;/h;1H;/q;;+1/p-1. The molecule has 0 fully saturated rings. The predicted octanol–water partition coefficient (Wildman–Crippen LogP) is -4.61. The Bertz CT molecular complexity index is 6.00. The van der Waals surface area contributed by atoms with Crippen LogP contribution in [0.2, 0.25) is 0 Å². The Balaban J connectivity index is -0.00000000500. The average Bonchev–Trinajstić information content (AvgIpc) is 1.00. The van der Waals surface area contributed by atoms with Gasteiger partial charge in [0, 0.05) is 21.7 Å². The Morgan fingerprint density at radius 2 is 1.00 bits per heavy atom. The van der Waals surface area contributed by atoms with Gasteiger partial charge in [-0.2, -0.15) is 0 Å². The van der Waals surface area contributed by atoms with Gasteiger partial charge in [0.1, 0.15) is 0 Å². The fourth-order valence-electron chi connectivity index (χ4n) is 0. The summed E-state index contributed by atoms with van der Waals surface area (Å²) in [4.78, 5) is 0. The molecule has 0 aliphatic carbocycles. The summed E-state index contributed by atoms with van der Waals surface area (Å²) in [5.41, 5.74) is 0. The van der Waals surface area contributed by atoms with Gasteiger partial charge in [-0.05, 0) is 0 Å². The summed E-state index contributed by atoms with van der Waals surface area (Å²) in [6, 6.07) is 0. The Kier molecular flexibility index (Phi) is 66.1. The monoisotopic (exact) mass is 236 g/mol. The first-order valence-corrected chi connectivity index (χ1v) is 1.29. The maximum atomic E-state index is 4.11. The summed E-state index contributed by atoms with van der Waals surface area (Å²) in [6.07, 6.45) is 0. The van der Waals surface area contributed by atoms with Gasteiger partial charge in [0.2, 0.25) is 0 Å². The minimum absolute atomic E-state index is 0. The van der Waals surface area contributed by atoms with E-state index < -0.39 is 0 Å². The molecule has 0 rings (SSSR count). The van der Waals surface area contributed by atoms with Gasteiger partial charge < -0.3 is 24.0 Å². The van der Waals surface area contributed by atoms with E-state index in [9.17, 15) is 0 Å². The maximum absolute atomic E-state index is 4.11. The zero-order valence-corrected chi connectivity index (χ0v) is 8.93. The van der Waals surface area contributed by atoms with E-state index in [4.69, 9.17) is 0 Å². The van der Waals surface area contributed by atoms with Crippen LogP contribution in [0.25, 0.3) is 0 Å². The molecule has 0 saturated carbocycles. The first-order valence-electron chi connectivity index (χ1n) is 0.143. The van der Waals surface area contributed by atoms with Crippen molar-refractivity contribution in [1.82, 2.24) is 0 Å². The molecule has 0 saturated heterocycles. The van der Waals surface area contributed by atoms with Gasteiger partial charge in [0.05, 0.1) is 0 Å². The average molecular weight is 237 g/mol. The molecule has 0 unspecified atom stereocenters. The van der Waals surface area contributed by atoms with Gasteiger partial charge in [0.25, 0.3) is 0 Å². The summed E-state index contributed by atoms with van der Waals surface area (Å²) in [7, 11) is 8.22. The molecule has 0 nitrogen and oxygen atoms in total. The quantitative estimate of drug-likeness (QED) is 0.294. The van der Waals surface area contributed by atoms with Crippen LogP contribution in [0.4, 0.5) is 0 Å². The molecule has 0 spiro atoms.